The zero-order chi connectivity index (χ0) is 20.0. The summed E-state index contributed by atoms with van der Waals surface area (Å²) in [5.41, 5.74) is 3.21. The van der Waals surface area contributed by atoms with E-state index in [1.165, 1.54) is 0 Å². The summed E-state index contributed by atoms with van der Waals surface area (Å²) in [4.78, 5) is 12.6. The number of hydrogen-bond acceptors (Lipinski definition) is 6. The third kappa shape index (κ3) is 3.29. The van der Waals surface area contributed by atoms with Gasteiger partial charge in [-0.1, -0.05) is 0 Å². The van der Waals surface area contributed by atoms with E-state index in [0.717, 1.165) is 53.4 Å². The summed E-state index contributed by atoms with van der Waals surface area (Å²) < 4.78 is 7.44. The molecule has 29 heavy (non-hydrogen) atoms. The van der Waals surface area contributed by atoms with Gasteiger partial charge in [-0.05, 0) is 56.4 Å². The van der Waals surface area contributed by atoms with Crippen molar-refractivity contribution < 1.29 is 9.84 Å². The van der Waals surface area contributed by atoms with Crippen LogP contribution >= 0.6 is 0 Å². The lowest BCUT2D eigenvalue weighted by Gasteiger charge is -2.33. The summed E-state index contributed by atoms with van der Waals surface area (Å²) in [6.45, 7) is 1.90. The number of ether oxygens (including phenoxy) is 1. The second kappa shape index (κ2) is 6.73. The van der Waals surface area contributed by atoms with Crippen LogP contribution < -0.4 is 10.1 Å². The number of hydrogen-bond donors (Lipinski definition) is 3. The smallest absolute Gasteiger partial charge is 0.228 e. The molecule has 1 saturated carbocycles. The van der Waals surface area contributed by atoms with Crippen molar-refractivity contribution >= 4 is 22.5 Å². The van der Waals surface area contributed by atoms with Crippen LogP contribution in [-0.4, -0.2) is 48.4 Å². The predicted molar refractivity (Wildman–Crippen MR) is 111 cm³/mol. The van der Waals surface area contributed by atoms with Gasteiger partial charge in [0.1, 0.15) is 5.65 Å². The van der Waals surface area contributed by atoms with Crippen LogP contribution in [0, 0.1) is 0 Å². The molecule has 0 spiro atoms. The number of anilines is 1. The maximum absolute atomic E-state index is 10.2. The van der Waals surface area contributed by atoms with Crippen molar-refractivity contribution in [3.63, 3.8) is 0 Å². The van der Waals surface area contributed by atoms with Crippen molar-refractivity contribution in [2.24, 2.45) is 0 Å². The molecule has 0 aliphatic heterocycles. The Kier molecular flexibility index (Phi) is 4.16. The van der Waals surface area contributed by atoms with E-state index in [1.54, 1.807) is 13.3 Å². The largest absolute Gasteiger partial charge is 0.480 e. The lowest BCUT2D eigenvalue weighted by atomic mass is 9.84. The minimum Gasteiger partial charge on any atom is -0.480 e. The number of fused-ring (bicyclic) bond motifs is 2. The van der Waals surface area contributed by atoms with Crippen molar-refractivity contribution in [1.82, 2.24) is 24.6 Å². The van der Waals surface area contributed by atoms with E-state index < -0.39 is 5.60 Å². The molecule has 0 saturated heterocycles. The lowest BCUT2D eigenvalue weighted by Crippen LogP contribution is -2.36. The van der Waals surface area contributed by atoms with Gasteiger partial charge in [0.2, 0.25) is 11.8 Å². The number of H-pyrrole nitrogens is 1. The Labute approximate surface area is 167 Å². The van der Waals surface area contributed by atoms with E-state index in [-0.39, 0.29) is 6.04 Å². The molecule has 0 bridgehead atoms. The normalized spacial score (nSPS) is 22.2. The fourth-order valence-corrected chi connectivity index (χ4v) is 4.10. The van der Waals surface area contributed by atoms with E-state index in [0.29, 0.717) is 11.8 Å². The van der Waals surface area contributed by atoms with Crippen molar-refractivity contribution in [3.05, 3.63) is 36.8 Å². The number of aromatic amines is 1. The van der Waals surface area contributed by atoms with E-state index in [9.17, 15) is 5.11 Å². The van der Waals surface area contributed by atoms with Crippen molar-refractivity contribution in [2.45, 2.75) is 44.2 Å². The highest BCUT2D eigenvalue weighted by atomic mass is 16.5. The van der Waals surface area contributed by atoms with Crippen LogP contribution in [0.5, 0.6) is 5.88 Å². The summed E-state index contributed by atoms with van der Waals surface area (Å²) in [7, 11) is 1.63. The Hall–Kier alpha value is -3.13. The number of aromatic nitrogens is 5. The summed E-state index contributed by atoms with van der Waals surface area (Å²) >= 11 is 0. The van der Waals surface area contributed by atoms with Gasteiger partial charge in [0.15, 0.2) is 0 Å². The molecule has 0 unspecified atom stereocenters. The van der Waals surface area contributed by atoms with Gasteiger partial charge in [0, 0.05) is 30.2 Å². The van der Waals surface area contributed by atoms with Gasteiger partial charge in [0.25, 0.3) is 0 Å². The maximum atomic E-state index is 10.2. The molecule has 4 aromatic rings. The van der Waals surface area contributed by atoms with E-state index in [4.69, 9.17) is 4.74 Å². The molecule has 1 fully saturated rings. The Balaban J connectivity index is 1.49. The topological polar surface area (TPSA) is 100 Å². The van der Waals surface area contributed by atoms with Crippen molar-refractivity contribution in [3.8, 4) is 17.0 Å². The van der Waals surface area contributed by atoms with Crippen LogP contribution in [0.25, 0.3) is 27.7 Å². The standard InChI is InChI=1S/C21H24N6O2/c1-21(28)7-3-14(4-8-21)24-20-25-18-17(19(26-20)29-2)16(12-22-18)13-6-10-27-15(11-13)5-9-23-27/h5-6,9-12,14,28H,3-4,7-8H2,1-2H3,(H2,22,24,25,26). The maximum Gasteiger partial charge on any atom is 0.228 e. The van der Waals surface area contributed by atoms with Crippen LogP contribution in [0.3, 0.4) is 0 Å². The first-order valence-corrected chi connectivity index (χ1v) is 9.88. The zero-order valence-electron chi connectivity index (χ0n) is 16.5. The van der Waals surface area contributed by atoms with Gasteiger partial charge in [-0.15, -0.1) is 0 Å². The highest BCUT2D eigenvalue weighted by Crippen LogP contribution is 2.35. The van der Waals surface area contributed by atoms with E-state index in [1.807, 2.05) is 36.0 Å². The molecule has 0 atom stereocenters. The van der Waals surface area contributed by atoms with Crippen LogP contribution in [-0.2, 0) is 0 Å². The number of rotatable bonds is 4. The van der Waals surface area contributed by atoms with Gasteiger partial charge in [0.05, 0.1) is 23.6 Å². The van der Waals surface area contributed by atoms with Crippen molar-refractivity contribution in [1.29, 1.82) is 0 Å². The first-order chi connectivity index (χ1) is 14.0. The van der Waals surface area contributed by atoms with Crippen molar-refractivity contribution in [2.75, 3.05) is 12.4 Å². The molecular formula is C21H24N6O2. The summed E-state index contributed by atoms with van der Waals surface area (Å²) in [6.07, 6.45) is 8.97. The molecular weight excluding hydrogens is 368 g/mol. The number of aliphatic hydroxyl groups is 1. The quantitative estimate of drug-likeness (QED) is 0.492. The minimum atomic E-state index is -0.564. The number of pyridine rings is 1. The second-order valence-corrected chi connectivity index (χ2v) is 8.01. The van der Waals surface area contributed by atoms with Crippen LogP contribution in [0.2, 0.25) is 0 Å². The average Bonchev–Trinajstić information content (AvgIpc) is 3.35. The molecule has 0 aromatic carbocycles. The van der Waals surface area contributed by atoms with Gasteiger partial charge >= 0.3 is 0 Å². The third-order valence-corrected chi connectivity index (χ3v) is 5.80. The molecule has 1 aliphatic rings. The van der Waals surface area contributed by atoms with E-state index in [2.05, 4.69) is 31.4 Å². The zero-order valence-corrected chi connectivity index (χ0v) is 16.5. The predicted octanol–water partition coefficient (Wildman–Crippen LogP) is 3.39. The monoisotopic (exact) mass is 392 g/mol. The number of nitrogens with zero attached hydrogens (tertiary/aromatic N) is 4. The Morgan fingerprint density at radius 1 is 1.28 bits per heavy atom. The third-order valence-electron chi connectivity index (χ3n) is 5.80. The van der Waals surface area contributed by atoms with Crippen LogP contribution in [0.4, 0.5) is 5.95 Å². The van der Waals surface area contributed by atoms with Crippen LogP contribution in [0.1, 0.15) is 32.6 Å². The van der Waals surface area contributed by atoms with Gasteiger partial charge in [-0.25, -0.2) is 4.52 Å². The Bertz CT molecular complexity index is 1170. The highest BCUT2D eigenvalue weighted by Gasteiger charge is 2.29. The molecule has 4 aromatic heterocycles. The molecule has 0 radical (unpaired) electrons. The Morgan fingerprint density at radius 3 is 2.90 bits per heavy atom. The molecule has 1 aliphatic carbocycles. The van der Waals surface area contributed by atoms with E-state index >= 15 is 0 Å². The molecule has 8 nitrogen and oxygen atoms in total. The van der Waals surface area contributed by atoms with Gasteiger partial charge in [-0.2, -0.15) is 15.1 Å². The number of nitrogens with one attached hydrogen (secondary N) is 2. The van der Waals surface area contributed by atoms with Gasteiger partial charge in [-0.3, -0.25) is 0 Å². The molecule has 8 heteroatoms. The fourth-order valence-electron chi connectivity index (χ4n) is 4.10. The first-order valence-electron chi connectivity index (χ1n) is 9.88. The molecule has 5 rings (SSSR count). The summed E-state index contributed by atoms with van der Waals surface area (Å²) in [6, 6.07) is 6.31. The molecule has 0 amide bonds. The minimum absolute atomic E-state index is 0.246. The summed E-state index contributed by atoms with van der Waals surface area (Å²) in [5, 5.41) is 18.7. The summed E-state index contributed by atoms with van der Waals surface area (Å²) in [5.74, 6) is 1.07. The Morgan fingerprint density at radius 2 is 2.10 bits per heavy atom. The average molecular weight is 392 g/mol. The first kappa shape index (κ1) is 17.9. The second-order valence-electron chi connectivity index (χ2n) is 8.01. The fraction of sp³-hybridized carbons (Fsp3) is 0.381. The van der Waals surface area contributed by atoms with Gasteiger partial charge < -0.3 is 20.1 Å². The number of methoxy groups -OCH3 is 1. The molecule has 4 heterocycles. The van der Waals surface area contributed by atoms with Crippen LogP contribution in [0.15, 0.2) is 36.8 Å². The molecule has 3 N–H and O–H groups in total. The SMILES string of the molecule is COc1nc(NC2CCC(C)(O)CC2)nc2[nH]cc(-c3ccn4nccc4c3)c12. The molecule has 150 valence electrons. The lowest BCUT2D eigenvalue weighted by molar-refractivity contribution is 0.0195. The highest BCUT2D eigenvalue weighted by molar-refractivity contribution is 5.98.